The van der Waals surface area contributed by atoms with Crippen molar-refractivity contribution in [3.05, 3.63) is 48.0 Å². The van der Waals surface area contributed by atoms with Gasteiger partial charge in [0.1, 0.15) is 5.65 Å². The van der Waals surface area contributed by atoms with Gasteiger partial charge in [0.15, 0.2) is 0 Å². The van der Waals surface area contributed by atoms with Gasteiger partial charge in [-0.2, -0.15) is 0 Å². The molecule has 0 aromatic carbocycles. The highest BCUT2D eigenvalue weighted by Crippen LogP contribution is 2.37. The molecule has 2 fully saturated rings. The predicted molar refractivity (Wildman–Crippen MR) is 143 cm³/mol. The van der Waals surface area contributed by atoms with Gasteiger partial charge in [-0.1, -0.05) is 0 Å². The van der Waals surface area contributed by atoms with Crippen LogP contribution in [0, 0.1) is 12.8 Å². The third-order valence-electron chi connectivity index (χ3n) is 7.50. The number of methoxy groups -OCH3 is 1. The Bertz CT molecular complexity index is 1540. The van der Waals surface area contributed by atoms with Crippen molar-refractivity contribution in [2.75, 3.05) is 30.8 Å². The number of nitrogens with zero attached hydrogens (tertiary/aromatic N) is 5. The number of carbonyl (C=O) groups is 2. The first-order valence-electron chi connectivity index (χ1n) is 12.7. The summed E-state index contributed by atoms with van der Waals surface area (Å²) in [5, 5.41) is 10.9. The topological polar surface area (TPSA) is 130 Å². The number of carbonyl (C=O) groups excluding carboxylic acids is 2. The fraction of sp³-hybridized carbons (Fsp3) is 0.370. The number of pyridine rings is 2. The molecule has 11 nitrogen and oxygen atoms in total. The number of aromatic amines is 1. The monoisotopic (exact) mass is 514 g/mol. The summed E-state index contributed by atoms with van der Waals surface area (Å²) < 4.78 is 7.04. The van der Waals surface area contributed by atoms with E-state index in [0.717, 1.165) is 29.1 Å². The quantitative estimate of drug-likeness (QED) is 0.345. The van der Waals surface area contributed by atoms with Gasteiger partial charge in [-0.15, -0.1) is 5.10 Å². The molecule has 1 aliphatic carbocycles. The van der Waals surface area contributed by atoms with Gasteiger partial charge in [0, 0.05) is 37.4 Å². The Hall–Kier alpha value is -4.25. The van der Waals surface area contributed by atoms with E-state index in [-0.39, 0.29) is 11.8 Å². The molecule has 0 radical (unpaired) electrons. The Morgan fingerprint density at radius 3 is 2.79 bits per heavy atom. The lowest BCUT2D eigenvalue weighted by molar-refractivity contribution is -0.117. The van der Waals surface area contributed by atoms with Crippen LogP contribution in [0.1, 0.15) is 35.3 Å². The molecule has 38 heavy (non-hydrogen) atoms. The molecule has 1 saturated heterocycles. The van der Waals surface area contributed by atoms with Gasteiger partial charge >= 0.3 is 0 Å². The fourth-order valence-electron chi connectivity index (χ4n) is 5.62. The lowest BCUT2D eigenvalue weighted by atomic mass is 10.1. The average molecular weight is 515 g/mol. The van der Waals surface area contributed by atoms with E-state index in [0.29, 0.717) is 46.7 Å². The molecule has 3 N–H and O–H groups in total. The van der Waals surface area contributed by atoms with Crippen molar-refractivity contribution < 1.29 is 14.3 Å². The van der Waals surface area contributed by atoms with Gasteiger partial charge in [-0.25, -0.2) is 4.98 Å². The van der Waals surface area contributed by atoms with E-state index in [2.05, 4.69) is 35.6 Å². The number of rotatable bonds is 7. The van der Waals surface area contributed by atoms with Crippen LogP contribution in [0.25, 0.3) is 22.3 Å². The highest BCUT2D eigenvalue weighted by atomic mass is 16.5. The third-order valence-corrected chi connectivity index (χ3v) is 7.50. The van der Waals surface area contributed by atoms with E-state index in [1.165, 1.54) is 25.5 Å². The van der Waals surface area contributed by atoms with Crippen molar-refractivity contribution in [1.82, 2.24) is 29.6 Å². The van der Waals surface area contributed by atoms with Crippen LogP contribution < -0.4 is 15.4 Å². The van der Waals surface area contributed by atoms with Crippen LogP contribution in [-0.2, 0) is 11.8 Å². The maximum absolute atomic E-state index is 13.1. The number of nitrogens with one attached hydrogen (secondary N) is 3. The van der Waals surface area contributed by atoms with Crippen molar-refractivity contribution in [3.8, 4) is 17.1 Å². The summed E-state index contributed by atoms with van der Waals surface area (Å²) >= 11 is 0. The van der Waals surface area contributed by atoms with Crippen molar-refractivity contribution in [2.24, 2.45) is 13.0 Å². The first-order valence-corrected chi connectivity index (χ1v) is 12.7. The van der Waals surface area contributed by atoms with Gasteiger partial charge in [0.05, 0.1) is 53.7 Å². The molecular weight excluding hydrogens is 484 g/mol. The van der Waals surface area contributed by atoms with E-state index in [9.17, 15) is 9.59 Å². The minimum Gasteiger partial charge on any atom is -0.479 e. The number of hydrogen-bond acceptors (Lipinski definition) is 7. The maximum Gasteiger partial charge on any atom is 0.257 e. The van der Waals surface area contributed by atoms with Crippen molar-refractivity contribution in [1.29, 1.82) is 0 Å². The Morgan fingerprint density at radius 1 is 1.16 bits per heavy atom. The molecule has 11 heteroatoms. The molecule has 1 aliphatic heterocycles. The molecule has 2 aliphatic rings. The normalized spacial score (nSPS) is 18.7. The van der Waals surface area contributed by atoms with Gasteiger partial charge in [0.25, 0.3) is 5.91 Å². The predicted octanol–water partition coefficient (Wildman–Crippen LogP) is 3.35. The number of piperidine rings is 1. The zero-order valence-corrected chi connectivity index (χ0v) is 21.6. The molecule has 196 valence electrons. The molecular formula is C27H30N8O3. The summed E-state index contributed by atoms with van der Waals surface area (Å²) in [6, 6.07) is 5.96. The Balaban J connectivity index is 1.15. The lowest BCUT2D eigenvalue weighted by Gasteiger charge is -2.25. The second-order valence-corrected chi connectivity index (χ2v) is 10.2. The number of likely N-dealkylation sites (tertiary alicyclic amines) is 1. The van der Waals surface area contributed by atoms with Gasteiger partial charge in [-0.3, -0.25) is 24.2 Å². The van der Waals surface area contributed by atoms with E-state index in [4.69, 9.17) is 4.74 Å². The SMILES string of the molecule is COc1nn(C)cc1-c1cc2cc(C(=O)Nc3cc(NC(=O)CN4CC5CCC4C5)cnc3C)cnc2[nH]1. The molecule has 1 saturated carbocycles. The van der Waals surface area contributed by atoms with Crippen molar-refractivity contribution in [2.45, 2.75) is 32.2 Å². The largest absolute Gasteiger partial charge is 0.479 e. The van der Waals surface area contributed by atoms with E-state index >= 15 is 0 Å². The van der Waals surface area contributed by atoms with Crippen LogP contribution in [0.2, 0.25) is 0 Å². The van der Waals surface area contributed by atoms with Crippen LogP contribution in [0.4, 0.5) is 11.4 Å². The average Bonchev–Trinajstić information content (AvgIpc) is 3.68. The number of aryl methyl sites for hydroxylation is 2. The van der Waals surface area contributed by atoms with Crippen LogP contribution in [-0.4, -0.2) is 67.7 Å². The molecule has 6 rings (SSSR count). The molecule has 2 atom stereocenters. The minimum atomic E-state index is -0.317. The van der Waals surface area contributed by atoms with Crippen LogP contribution in [0.15, 0.2) is 36.8 Å². The number of amides is 2. The van der Waals surface area contributed by atoms with Crippen molar-refractivity contribution in [3.63, 3.8) is 0 Å². The molecule has 4 aromatic rings. The summed E-state index contributed by atoms with van der Waals surface area (Å²) in [7, 11) is 3.40. The highest BCUT2D eigenvalue weighted by molar-refractivity contribution is 6.06. The lowest BCUT2D eigenvalue weighted by Crippen LogP contribution is -2.38. The summed E-state index contributed by atoms with van der Waals surface area (Å²) in [4.78, 5) is 40.1. The Morgan fingerprint density at radius 2 is 2.03 bits per heavy atom. The number of anilines is 2. The summed E-state index contributed by atoms with van der Waals surface area (Å²) in [6.07, 6.45) is 8.66. The van der Waals surface area contributed by atoms with Gasteiger partial charge in [-0.05, 0) is 50.3 Å². The number of fused-ring (bicyclic) bond motifs is 3. The van der Waals surface area contributed by atoms with Gasteiger partial charge < -0.3 is 20.4 Å². The Kier molecular flexibility index (Phi) is 6.07. The maximum atomic E-state index is 13.1. The second kappa shape index (κ2) is 9.56. The number of aromatic nitrogens is 5. The number of H-pyrrole nitrogens is 1. The zero-order chi connectivity index (χ0) is 26.4. The summed E-state index contributed by atoms with van der Waals surface area (Å²) in [5.74, 6) is 0.853. The smallest absolute Gasteiger partial charge is 0.257 e. The summed E-state index contributed by atoms with van der Waals surface area (Å²) in [5.41, 5.74) is 4.37. The van der Waals surface area contributed by atoms with Gasteiger partial charge in [0.2, 0.25) is 11.8 Å². The third kappa shape index (κ3) is 4.60. The van der Waals surface area contributed by atoms with E-state index in [1.54, 1.807) is 30.1 Å². The second-order valence-electron chi connectivity index (χ2n) is 10.2. The van der Waals surface area contributed by atoms with Crippen LogP contribution >= 0.6 is 0 Å². The highest BCUT2D eigenvalue weighted by Gasteiger charge is 2.38. The van der Waals surface area contributed by atoms with Crippen molar-refractivity contribution >= 4 is 34.2 Å². The number of ether oxygens (including phenoxy) is 1. The standard InChI is InChI=1S/C27H30N8O3/c1-15-22(9-19(11-28-15)30-24(36)14-35-12-16-4-5-20(35)6-16)32-26(37)18-7-17-8-23(31-25(17)29-10-18)21-13-34(2)33-27(21)38-3/h7-11,13,16,20H,4-6,12,14H2,1-3H3,(H,29,31)(H,30,36)(H,32,37). The molecule has 5 heterocycles. The Labute approximate surface area is 219 Å². The molecule has 2 unspecified atom stereocenters. The number of hydrogen-bond donors (Lipinski definition) is 3. The van der Waals surface area contributed by atoms with Crippen LogP contribution in [0.3, 0.4) is 0 Å². The molecule has 2 amide bonds. The molecule has 4 aromatic heterocycles. The minimum absolute atomic E-state index is 0.0661. The van der Waals surface area contributed by atoms with E-state index in [1.807, 2.05) is 26.2 Å². The fourth-order valence-corrected chi connectivity index (χ4v) is 5.62. The first kappa shape index (κ1) is 24.1. The molecule has 2 bridgehead atoms. The van der Waals surface area contributed by atoms with Crippen LogP contribution in [0.5, 0.6) is 5.88 Å². The molecule has 0 spiro atoms. The first-order chi connectivity index (χ1) is 18.4. The van der Waals surface area contributed by atoms with E-state index < -0.39 is 0 Å². The summed E-state index contributed by atoms with van der Waals surface area (Å²) in [6.45, 7) is 3.19. The zero-order valence-electron chi connectivity index (χ0n) is 21.6.